The number of allylic oxidation sites excluding steroid dienone is 1. The summed E-state index contributed by atoms with van der Waals surface area (Å²) in [5.41, 5.74) is 3.02. The van der Waals surface area contributed by atoms with Crippen LogP contribution in [-0.2, 0) is 0 Å². The molecule has 0 aliphatic heterocycles. The fourth-order valence-corrected chi connectivity index (χ4v) is 3.20. The van der Waals surface area contributed by atoms with Crippen LogP contribution in [0, 0.1) is 0 Å². The summed E-state index contributed by atoms with van der Waals surface area (Å²) in [4.78, 5) is 2.14. The van der Waals surface area contributed by atoms with Crippen molar-refractivity contribution in [3.63, 3.8) is 0 Å². The summed E-state index contributed by atoms with van der Waals surface area (Å²) in [6.07, 6.45) is 1.80. The largest absolute Gasteiger partial charge is 0.311 e. The van der Waals surface area contributed by atoms with Gasteiger partial charge in [-0.1, -0.05) is 73.8 Å². The summed E-state index contributed by atoms with van der Waals surface area (Å²) in [6, 6.07) is 29.7. The van der Waals surface area contributed by atoms with Crippen molar-refractivity contribution in [3.8, 4) is 0 Å². The van der Waals surface area contributed by atoms with E-state index in [4.69, 9.17) is 0 Å². The Kier molecular flexibility index (Phi) is 3.83. The number of hydrogen-bond donors (Lipinski definition) is 0. The Morgan fingerprint density at radius 1 is 0.640 bits per heavy atom. The van der Waals surface area contributed by atoms with Gasteiger partial charge in [-0.2, -0.15) is 0 Å². The molecule has 0 saturated heterocycles. The molecule has 4 aromatic rings. The van der Waals surface area contributed by atoms with Gasteiger partial charge in [0.2, 0.25) is 0 Å². The zero-order valence-corrected chi connectivity index (χ0v) is 14.0. The number of hydrogen-bond acceptors (Lipinski definition) is 1. The van der Waals surface area contributed by atoms with Gasteiger partial charge in [-0.25, -0.2) is 0 Å². The fraction of sp³-hybridized carbons (Fsp3) is 0. The second-order valence-corrected chi connectivity index (χ2v) is 6.09. The van der Waals surface area contributed by atoms with Crippen LogP contribution in [0.2, 0.25) is 0 Å². The first kappa shape index (κ1) is 15.2. The Bertz CT molecular complexity index is 1010. The molecule has 0 radical (unpaired) electrons. The molecule has 0 bridgehead atoms. The van der Waals surface area contributed by atoms with E-state index in [1.54, 1.807) is 6.08 Å². The van der Waals surface area contributed by atoms with Crippen molar-refractivity contribution in [3.05, 3.63) is 110 Å². The van der Waals surface area contributed by atoms with Gasteiger partial charge in [0.25, 0.3) is 0 Å². The van der Waals surface area contributed by atoms with E-state index in [9.17, 15) is 0 Å². The molecule has 120 valence electrons. The lowest BCUT2D eigenvalue weighted by atomic mass is 10.1. The molecule has 4 aromatic carbocycles. The summed E-state index contributed by atoms with van der Waals surface area (Å²) in [5.74, 6) is 0. The van der Waals surface area contributed by atoms with Gasteiger partial charge in [-0.05, 0) is 51.9 Å². The second-order valence-electron chi connectivity index (χ2n) is 6.09. The molecular weight excluding hydrogens is 302 g/mol. The van der Waals surface area contributed by atoms with E-state index in [1.807, 2.05) is 0 Å². The maximum atomic E-state index is 4.19. The summed E-state index contributed by atoms with van der Waals surface area (Å²) >= 11 is 0. The molecule has 0 heterocycles. The predicted octanol–water partition coefficient (Wildman–Crippen LogP) is 6.83. The number of rotatable bonds is 4. The molecular formula is C24H19N. The van der Waals surface area contributed by atoms with Crippen molar-refractivity contribution in [2.75, 3.05) is 4.90 Å². The van der Waals surface area contributed by atoms with Gasteiger partial charge in [0.05, 0.1) is 0 Å². The normalized spacial score (nSPS) is 10.7. The van der Waals surface area contributed by atoms with Crippen LogP contribution in [0.25, 0.3) is 21.5 Å². The van der Waals surface area contributed by atoms with Crippen molar-refractivity contribution < 1.29 is 0 Å². The van der Waals surface area contributed by atoms with E-state index in [0.717, 1.165) is 17.1 Å². The molecule has 0 atom stereocenters. The Morgan fingerprint density at radius 2 is 1.08 bits per heavy atom. The lowest BCUT2D eigenvalue weighted by molar-refractivity contribution is 1.23. The first-order chi connectivity index (χ1) is 12.3. The summed E-state index contributed by atoms with van der Waals surface area (Å²) in [7, 11) is 0. The van der Waals surface area contributed by atoms with E-state index in [1.165, 1.54) is 21.5 Å². The van der Waals surface area contributed by atoms with Crippen LogP contribution >= 0.6 is 0 Å². The van der Waals surface area contributed by atoms with Gasteiger partial charge >= 0.3 is 0 Å². The highest BCUT2D eigenvalue weighted by molar-refractivity contribution is 5.90. The topological polar surface area (TPSA) is 3.24 Å². The van der Waals surface area contributed by atoms with Gasteiger partial charge in [0.1, 0.15) is 0 Å². The first-order valence-corrected chi connectivity index (χ1v) is 8.35. The zero-order chi connectivity index (χ0) is 17.2. The molecule has 0 amide bonds. The van der Waals surface area contributed by atoms with Crippen LogP contribution < -0.4 is 4.90 Å². The summed E-state index contributed by atoms with van der Waals surface area (Å²) < 4.78 is 0. The van der Waals surface area contributed by atoms with Crippen LogP contribution in [0.1, 0.15) is 0 Å². The number of nitrogens with zero attached hydrogens (tertiary/aromatic N) is 1. The predicted molar refractivity (Wildman–Crippen MR) is 109 cm³/mol. The van der Waals surface area contributed by atoms with E-state index in [0.29, 0.717) is 0 Å². The third kappa shape index (κ3) is 2.81. The van der Waals surface area contributed by atoms with Crippen molar-refractivity contribution in [2.24, 2.45) is 0 Å². The molecule has 0 spiro atoms. The van der Waals surface area contributed by atoms with Gasteiger partial charge in [-0.15, -0.1) is 0 Å². The number of anilines is 2. The standard InChI is InChI=1S/C24H19N/c1-3-18(2)25(23-14-12-19-8-4-6-10-21(19)16-23)24-15-13-20-9-5-7-11-22(20)17-24/h3-17H,1-2H2. The van der Waals surface area contributed by atoms with E-state index >= 15 is 0 Å². The summed E-state index contributed by atoms with van der Waals surface area (Å²) in [5, 5.41) is 4.88. The Balaban J connectivity index is 1.88. The molecule has 0 aliphatic rings. The van der Waals surface area contributed by atoms with Gasteiger partial charge in [-0.3, -0.25) is 0 Å². The molecule has 0 aliphatic carbocycles. The van der Waals surface area contributed by atoms with Crippen molar-refractivity contribution >= 4 is 32.9 Å². The van der Waals surface area contributed by atoms with E-state index in [2.05, 4.69) is 103 Å². The molecule has 0 unspecified atom stereocenters. The first-order valence-electron chi connectivity index (χ1n) is 8.35. The fourth-order valence-electron chi connectivity index (χ4n) is 3.20. The Morgan fingerprint density at radius 3 is 1.52 bits per heavy atom. The molecule has 1 heteroatoms. The lowest BCUT2D eigenvalue weighted by Gasteiger charge is -2.26. The minimum atomic E-state index is 0.852. The molecule has 0 aromatic heterocycles. The van der Waals surface area contributed by atoms with E-state index in [-0.39, 0.29) is 0 Å². The Hall–Kier alpha value is -3.32. The highest BCUT2D eigenvalue weighted by Crippen LogP contribution is 2.33. The van der Waals surface area contributed by atoms with Gasteiger partial charge < -0.3 is 4.90 Å². The maximum Gasteiger partial charge on any atom is 0.0467 e. The van der Waals surface area contributed by atoms with Crippen LogP contribution in [-0.4, -0.2) is 0 Å². The molecule has 4 rings (SSSR count). The van der Waals surface area contributed by atoms with Crippen molar-refractivity contribution in [2.45, 2.75) is 0 Å². The molecule has 0 fully saturated rings. The lowest BCUT2D eigenvalue weighted by Crippen LogP contribution is -2.14. The summed E-state index contributed by atoms with van der Waals surface area (Å²) in [6.45, 7) is 8.11. The van der Waals surface area contributed by atoms with Crippen LogP contribution in [0.4, 0.5) is 11.4 Å². The number of benzene rings is 4. The SMILES string of the molecule is C=CC(=C)N(c1ccc2ccccc2c1)c1ccc2ccccc2c1. The highest BCUT2D eigenvalue weighted by atomic mass is 15.1. The highest BCUT2D eigenvalue weighted by Gasteiger charge is 2.12. The average molecular weight is 321 g/mol. The van der Waals surface area contributed by atoms with Crippen molar-refractivity contribution in [1.82, 2.24) is 0 Å². The minimum absolute atomic E-state index is 0.852. The quantitative estimate of drug-likeness (QED) is 0.372. The Labute approximate surface area is 148 Å². The second kappa shape index (κ2) is 6.29. The molecule has 1 nitrogen and oxygen atoms in total. The maximum absolute atomic E-state index is 4.19. The van der Waals surface area contributed by atoms with Gasteiger partial charge in [0, 0.05) is 17.1 Å². The zero-order valence-electron chi connectivity index (χ0n) is 14.0. The molecule has 0 N–H and O–H groups in total. The minimum Gasteiger partial charge on any atom is -0.311 e. The third-order valence-electron chi connectivity index (χ3n) is 4.51. The third-order valence-corrected chi connectivity index (χ3v) is 4.51. The van der Waals surface area contributed by atoms with Crippen LogP contribution in [0.5, 0.6) is 0 Å². The smallest absolute Gasteiger partial charge is 0.0467 e. The monoisotopic (exact) mass is 321 g/mol. The van der Waals surface area contributed by atoms with Crippen molar-refractivity contribution in [1.29, 1.82) is 0 Å². The molecule has 0 saturated carbocycles. The number of fused-ring (bicyclic) bond motifs is 2. The molecule has 25 heavy (non-hydrogen) atoms. The van der Waals surface area contributed by atoms with Crippen LogP contribution in [0.15, 0.2) is 110 Å². The average Bonchev–Trinajstić information content (AvgIpc) is 2.68. The van der Waals surface area contributed by atoms with Crippen LogP contribution in [0.3, 0.4) is 0 Å². The van der Waals surface area contributed by atoms with Gasteiger partial charge in [0.15, 0.2) is 0 Å². The van der Waals surface area contributed by atoms with E-state index < -0.39 is 0 Å².